The fraction of sp³-hybridized carbons (Fsp3) is 0.500. The molecule has 118 valence electrons. The van der Waals surface area contributed by atoms with Crippen LogP contribution in [0.15, 0.2) is 24.3 Å². The minimum Gasteiger partial charge on any atom is -0.459 e. The van der Waals surface area contributed by atoms with Crippen LogP contribution in [0.1, 0.15) is 44.2 Å². The lowest BCUT2D eigenvalue weighted by Gasteiger charge is -2.21. The largest absolute Gasteiger partial charge is 0.459 e. The highest BCUT2D eigenvalue weighted by Crippen LogP contribution is 2.60. The van der Waals surface area contributed by atoms with Crippen LogP contribution >= 0.6 is 0 Å². The van der Waals surface area contributed by atoms with Crippen LogP contribution in [-0.2, 0) is 15.7 Å². The zero-order valence-electron chi connectivity index (χ0n) is 12.5. The molecule has 0 aliphatic heterocycles. The minimum atomic E-state index is -4.40. The maximum Gasteiger partial charge on any atom is 0.416 e. The lowest BCUT2D eigenvalue weighted by atomic mass is 9.99. The summed E-state index contributed by atoms with van der Waals surface area (Å²) in [6.45, 7) is 5.10. The summed E-state index contributed by atoms with van der Waals surface area (Å²) in [5, 5.41) is 9.31. The number of carbonyl (C=O) groups is 1. The standard InChI is InChI=1S/C16H16F3NO2/c1-14(2,3)22-13(21)15(9-20)8-12(15)10-4-6-11(7-5-10)16(17,18)19/h4-7,12H,8H2,1-3H3/t12-,15+/m1/s1. The summed E-state index contributed by atoms with van der Waals surface area (Å²) in [5.74, 6) is -1.04. The maximum absolute atomic E-state index is 12.5. The van der Waals surface area contributed by atoms with Crippen LogP contribution < -0.4 is 0 Å². The Labute approximate surface area is 126 Å². The molecule has 0 bridgehead atoms. The summed E-state index contributed by atoms with van der Waals surface area (Å²) in [6, 6.07) is 6.53. The molecule has 2 atom stereocenters. The fourth-order valence-corrected chi connectivity index (χ4v) is 2.33. The number of halogens is 3. The number of esters is 1. The average Bonchev–Trinajstić information content (AvgIpc) is 3.12. The number of nitrogens with zero attached hydrogens (tertiary/aromatic N) is 1. The third kappa shape index (κ3) is 3.08. The summed E-state index contributed by atoms with van der Waals surface area (Å²) in [6.07, 6.45) is -4.14. The van der Waals surface area contributed by atoms with E-state index in [4.69, 9.17) is 4.74 Å². The molecule has 0 unspecified atom stereocenters. The second kappa shape index (κ2) is 5.01. The zero-order chi connectivity index (χ0) is 16.8. The molecule has 1 aliphatic carbocycles. The van der Waals surface area contributed by atoms with Crippen molar-refractivity contribution in [2.75, 3.05) is 0 Å². The molecule has 22 heavy (non-hydrogen) atoms. The average molecular weight is 311 g/mol. The van der Waals surface area contributed by atoms with E-state index >= 15 is 0 Å². The molecule has 0 N–H and O–H groups in total. The van der Waals surface area contributed by atoms with Gasteiger partial charge in [0.05, 0.1) is 11.6 Å². The number of benzene rings is 1. The first-order valence-corrected chi connectivity index (χ1v) is 6.81. The first-order valence-electron chi connectivity index (χ1n) is 6.81. The molecular weight excluding hydrogens is 295 g/mol. The Morgan fingerprint density at radius 3 is 2.23 bits per heavy atom. The Morgan fingerprint density at radius 1 is 1.27 bits per heavy atom. The molecule has 1 saturated carbocycles. The van der Waals surface area contributed by atoms with E-state index in [1.165, 1.54) is 12.1 Å². The normalized spacial score (nSPS) is 24.5. The SMILES string of the molecule is CC(C)(C)OC(=O)[C@]1(C#N)C[C@@H]1c1ccc(C(F)(F)F)cc1. The van der Waals surface area contributed by atoms with Crippen molar-refractivity contribution in [3.05, 3.63) is 35.4 Å². The van der Waals surface area contributed by atoms with Gasteiger partial charge in [-0.1, -0.05) is 12.1 Å². The Morgan fingerprint density at radius 2 is 1.82 bits per heavy atom. The lowest BCUT2D eigenvalue weighted by molar-refractivity contribution is -0.159. The van der Waals surface area contributed by atoms with Gasteiger partial charge in [0.1, 0.15) is 5.60 Å². The summed E-state index contributed by atoms with van der Waals surface area (Å²) in [5.41, 5.74) is -2.21. The molecular formula is C16H16F3NO2. The maximum atomic E-state index is 12.5. The van der Waals surface area contributed by atoms with Gasteiger partial charge >= 0.3 is 12.1 Å². The van der Waals surface area contributed by atoms with E-state index in [-0.39, 0.29) is 6.42 Å². The van der Waals surface area contributed by atoms with Gasteiger partial charge in [-0.05, 0) is 44.9 Å². The van der Waals surface area contributed by atoms with E-state index in [9.17, 15) is 23.2 Å². The number of hydrogen-bond acceptors (Lipinski definition) is 3. The lowest BCUT2D eigenvalue weighted by Crippen LogP contribution is -2.29. The van der Waals surface area contributed by atoms with Gasteiger partial charge in [-0.25, -0.2) is 0 Å². The van der Waals surface area contributed by atoms with Crippen molar-refractivity contribution in [3.8, 4) is 6.07 Å². The molecule has 3 nitrogen and oxygen atoms in total. The number of carbonyl (C=O) groups excluding carboxylic acids is 1. The molecule has 1 aromatic rings. The predicted molar refractivity (Wildman–Crippen MR) is 72.7 cm³/mol. The molecule has 0 radical (unpaired) electrons. The molecule has 0 heterocycles. The molecule has 2 rings (SSSR count). The number of ether oxygens (including phenoxy) is 1. The highest BCUT2D eigenvalue weighted by molar-refractivity contribution is 5.86. The Bertz CT molecular complexity index is 623. The van der Waals surface area contributed by atoms with Crippen molar-refractivity contribution in [1.82, 2.24) is 0 Å². The Balaban J connectivity index is 2.19. The van der Waals surface area contributed by atoms with Crippen molar-refractivity contribution >= 4 is 5.97 Å². The Kier molecular flexibility index (Phi) is 3.72. The third-order valence-corrected chi connectivity index (χ3v) is 3.56. The summed E-state index contributed by atoms with van der Waals surface area (Å²) >= 11 is 0. The summed E-state index contributed by atoms with van der Waals surface area (Å²) < 4.78 is 42.9. The Hall–Kier alpha value is -2.03. The van der Waals surface area contributed by atoms with Crippen LogP contribution in [0.5, 0.6) is 0 Å². The number of hydrogen-bond donors (Lipinski definition) is 0. The topological polar surface area (TPSA) is 50.1 Å². The van der Waals surface area contributed by atoms with Crippen molar-refractivity contribution < 1.29 is 22.7 Å². The number of rotatable bonds is 2. The van der Waals surface area contributed by atoms with Crippen molar-refractivity contribution in [2.24, 2.45) is 5.41 Å². The molecule has 0 amide bonds. The van der Waals surface area contributed by atoms with E-state index in [1.54, 1.807) is 20.8 Å². The van der Waals surface area contributed by atoms with E-state index in [2.05, 4.69) is 0 Å². The highest BCUT2D eigenvalue weighted by Gasteiger charge is 2.63. The van der Waals surface area contributed by atoms with Gasteiger partial charge in [0.25, 0.3) is 0 Å². The van der Waals surface area contributed by atoms with Gasteiger partial charge in [-0.3, -0.25) is 4.79 Å². The number of nitriles is 1. The second-order valence-corrected chi connectivity index (χ2v) is 6.46. The van der Waals surface area contributed by atoms with Gasteiger partial charge in [-0.15, -0.1) is 0 Å². The van der Waals surface area contributed by atoms with E-state index in [1.807, 2.05) is 6.07 Å². The molecule has 0 spiro atoms. The van der Waals surface area contributed by atoms with Crippen molar-refractivity contribution in [2.45, 2.75) is 44.9 Å². The quantitative estimate of drug-likeness (QED) is 0.774. The summed E-state index contributed by atoms with van der Waals surface area (Å²) in [4.78, 5) is 12.2. The second-order valence-electron chi connectivity index (χ2n) is 6.46. The van der Waals surface area contributed by atoms with Gasteiger partial charge in [0.15, 0.2) is 5.41 Å². The van der Waals surface area contributed by atoms with E-state index in [0.29, 0.717) is 5.56 Å². The third-order valence-electron chi connectivity index (χ3n) is 3.56. The molecule has 1 aromatic carbocycles. The van der Waals surface area contributed by atoms with Crippen LogP contribution in [0.3, 0.4) is 0 Å². The monoisotopic (exact) mass is 311 g/mol. The van der Waals surface area contributed by atoms with Crippen molar-refractivity contribution in [1.29, 1.82) is 5.26 Å². The smallest absolute Gasteiger partial charge is 0.416 e. The van der Waals surface area contributed by atoms with Gasteiger partial charge in [0.2, 0.25) is 0 Å². The van der Waals surface area contributed by atoms with Crippen LogP contribution in [0.2, 0.25) is 0 Å². The van der Waals surface area contributed by atoms with Crippen LogP contribution in [0.25, 0.3) is 0 Å². The molecule has 6 heteroatoms. The van der Waals surface area contributed by atoms with Crippen LogP contribution in [0.4, 0.5) is 13.2 Å². The predicted octanol–water partition coefficient (Wildman–Crippen LogP) is 4.04. The van der Waals surface area contributed by atoms with Gasteiger partial charge in [0, 0.05) is 5.92 Å². The summed E-state index contributed by atoms with van der Waals surface area (Å²) in [7, 11) is 0. The van der Waals surface area contributed by atoms with E-state index < -0.39 is 34.6 Å². The van der Waals surface area contributed by atoms with Crippen LogP contribution in [-0.4, -0.2) is 11.6 Å². The molecule has 1 fully saturated rings. The van der Waals surface area contributed by atoms with Crippen molar-refractivity contribution in [3.63, 3.8) is 0 Å². The zero-order valence-corrected chi connectivity index (χ0v) is 12.5. The number of alkyl halides is 3. The van der Waals surface area contributed by atoms with Crippen LogP contribution in [0, 0.1) is 16.7 Å². The van der Waals surface area contributed by atoms with Gasteiger partial charge in [-0.2, -0.15) is 18.4 Å². The first kappa shape index (κ1) is 16.3. The first-order chi connectivity index (χ1) is 9.99. The van der Waals surface area contributed by atoms with E-state index in [0.717, 1.165) is 12.1 Å². The fourth-order valence-electron chi connectivity index (χ4n) is 2.33. The highest BCUT2D eigenvalue weighted by atomic mass is 19.4. The van der Waals surface area contributed by atoms with Gasteiger partial charge < -0.3 is 4.74 Å². The molecule has 0 aromatic heterocycles. The molecule has 1 aliphatic rings. The molecule has 0 saturated heterocycles. The minimum absolute atomic E-state index is 0.268.